The summed E-state index contributed by atoms with van der Waals surface area (Å²) < 4.78 is 5.02. The molecule has 1 aromatic carbocycles. The second-order valence-corrected chi connectivity index (χ2v) is 7.44. The molecule has 128 valence electrons. The Morgan fingerprint density at radius 3 is 2.36 bits per heavy atom. The first-order valence-corrected chi connectivity index (χ1v) is 8.95. The third-order valence-corrected chi connectivity index (χ3v) is 6.28. The van der Waals surface area contributed by atoms with E-state index >= 15 is 0 Å². The van der Waals surface area contributed by atoms with Crippen LogP contribution in [0.25, 0.3) is 0 Å². The maximum absolute atomic E-state index is 13.1. The number of hydrogen-bond donors (Lipinski definition) is 0. The van der Waals surface area contributed by atoms with Crippen LogP contribution in [0.4, 0.5) is 5.69 Å². The van der Waals surface area contributed by atoms with Crippen molar-refractivity contribution in [3.8, 4) is 0 Å². The molecule has 6 rings (SSSR count). The van der Waals surface area contributed by atoms with Crippen LogP contribution in [0, 0.1) is 35.5 Å². The molecule has 2 saturated carbocycles. The van der Waals surface area contributed by atoms with Crippen molar-refractivity contribution in [2.75, 3.05) is 11.5 Å². The van der Waals surface area contributed by atoms with Gasteiger partial charge in [0.1, 0.15) is 0 Å². The SMILES string of the molecule is CCOC(=O)c1cccc(N2C(=O)[C@@H]3[C@@H]4C=C[C@H]([C@H]5C[C@H]45)[C@@H]3C2=O)c1. The van der Waals surface area contributed by atoms with Crippen molar-refractivity contribution in [1.82, 2.24) is 0 Å². The largest absolute Gasteiger partial charge is 0.462 e. The maximum Gasteiger partial charge on any atom is 0.338 e. The summed E-state index contributed by atoms with van der Waals surface area (Å²) in [5.74, 6) is 0.460. The Kier molecular flexibility index (Phi) is 3.00. The fourth-order valence-corrected chi connectivity index (χ4v) is 5.20. The molecule has 5 heteroatoms. The number of esters is 1. The van der Waals surface area contributed by atoms with E-state index in [1.54, 1.807) is 31.2 Å². The number of rotatable bonds is 3. The van der Waals surface area contributed by atoms with Gasteiger partial charge in [-0.2, -0.15) is 0 Å². The molecule has 2 bridgehead atoms. The number of allylic oxidation sites excluding steroid dienone is 2. The number of imide groups is 1. The van der Waals surface area contributed by atoms with E-state index in [0.717, 1.165) is 6.42 Å². The third kappa shape index (κ3) is 1.92. The highest BCUT2D eigenvalue weighted by molar-refractivity contribution is 6.22. The van der Waals surface area contributed by atoms with Crippen molar-refractivity contribution < 1.29 is 19.1 Å². The smallest absolute Gasteiger partial charge is 0.338 e. The van der Waals surface area contributed by atoms with E-state index in [2.05, 4.69) is 12.2 Å². The van der Waals surface area contributed by atoms with E-state index in [0.29, 0.717) is 23.1 Å². The summed E-state index contributed by atoms with van der Waals surface area (Å²) in [6, 6.07) is 6.63. The monoisotopic (exact) mass is 337 g/mol. The molecule has 0 N–H and O–H groups in total. The quantitative estimate of drug-likeness (QED) is 0.483. The highest BCUT2D eigenvalue weighted by atomic mass is 16.5. The summed E-state index contributed by atoms with van der Waals surface area (Å²) in [5, 5.41) is 0. The van der Waals surface area contributed by atoms with Crippen molar-refractivity contribution in [3.63, 3.8) is 0 Å². The molecule has 6 atom stereocenters. The van der Waals surface area contributed by atoms with Gasteiger partial charge in [-0.1, -0.05) is 18.2 Å². The number of ether oxygens (including phenoxy) is 1. The van der Waals surface area contributed by atoms with Crippen molar-refractivity contribution in [2.24, 2.45) is 35.5 Å². The van der Waals surface area contributed by atoms with Gasteiger partial charge in [-0.05, 0) is 55.2 Å². The first kappa shape index (κ1) is 14.9. The van der Waals surface area contributed by atoms with Gasteiger partial charge < -0.3 is 4.74 Å². The molecule has 5 aliphatic rings. The first-order chi connectivity index (χ1) is 12.1. The molecule has 0 radical (unpaired) electrons. The molecule has 1 saturated heterocycles. The molecule has 1 aromatic rings. The summed E-state index contributed by atoms with van der Waals surface area (Å²) in [5.41, 5.74) is 0.835. The van der Waals surface area contributed by atoms with Gasteiger partial charge in [0, 0.05) is 0 Å². The predicted molar refractivity (Wildman–Crippen MR) is 89.6 cm³/mol. The lowest BCUT2D eigenvalue weighted by atomic mass is 9.63. The molecule has 0 spiro atoms. The van der Waals surface area contributed by atoms with Gasteiger partial charge in [0.15, 0.2) is 0 Å². The average molecular weight is 337 g/mol. The topological polar surface area (TPSA) is 63.7 Å². The zero-order valence-electron chi connectivity index (χ0n) is 13.9. The Balaban J connectivity index is 1.50. The van der Waals surface area contributed by atoms with E-state index in [-0.39, 0.29) is 42.1 Å². The number of anilines is 1. The van der Waals surface area contributed by atoms with E-state index in [9.17, 15) is 14.4 Å². The van der Waals surface area contributed by atoms with Gasteiger partial charge in [-0.15, -0.1) is 0 Å². The van der Waals surface area contributed by atoms with Gasteiger partial charge in [-0.3, -0.25) is 9.59 Å². The number of benzene rings is 1. The Morgan fingerprint density at radius 2 is 1.76 bits per heavy atom. The summed E-state index contributed by atoms with van der Waals surface area (Å²) >= 11 is 0. The molecule has 0 aromatic heterocycles. The number of hydrogen-bond acceptors (Lipinski definition) is 4. The van der Waals surface area contributed by atoms with Crippen LogP contribution in [0.15, 0.2) is 36.4 Å². The second-order valence-electron chi connectivity index (χ2n) is 7.44. The molecule has 2 amide bonds. The zero-order valence-corrected chi connectivity index (χ0v) is 13.9. The third-order valence-electron chi connectivity index (χ3n) is 6.28. The molecule has 1 heterocycles. The van der Waals surface area contributed by atoms with Crippen LogP contribution in [0.2, 0.25) is 0 Å². The van der Waals surface area contributed by atoms with Gasteiger partial charge in [0.25, 0.3) is 0 Å². The predicted octanol–water partition coefficient (Wildman–Crippen LogP) is 2.42. The highest BCUT2D eigenvalue weighted by Gasteiger charge is 2.67. The van der Waals surface area contributed by atoms with Crippen LogP contribution < -0.4 is 4.90 Å². The zero-order chi connectivity index (χ0) is 17.3. The molecule has 25 heavy (non-hydrogen) atoms. The van der Waals surface area contributed by atoms with Crippen molar-refractivity contribution >= 4 is 23.5 Å². The minimum Gasteiger partial charge on any atom is -0.462 e. The maximum atomic E-state index is 13.1. The molecular formula is C20H19NO4. The number of carbonyl (C=O) groups excluding carboxylic acids is 3. The highest BCUT2D eigenvalue weighted by Crippen LogP contribution is 2.65. The first-order valence-electron chi connectivity index (χ1n) is 8.95. The minimum absolute atomic E-state index is 0.110. The number of amides is 2. The van der Waals surface area contributed by atoms with Crippen LogP contribution in [0.1, 0.15) is 23.7 Å². The van der Waals surface area contributed by atoms with Gasteiger partial charge in [-0.25, -0.2) is 9.69 Å². The van der Waals surface area contributed by atoms with E-state index in [1.165, 1.54) is 4.90 Å². The van der Waals surface area contributed by atoms with Gasteiger partial charge in [0.2, 0.25) is 11.8 Å². The van der Waals surface area contributed by atoms with E-state index in [1.807, 2.05) is 0 Å². The molecule has 3 fully saturated rings. The normalized spacial score (nSPS) is 37.1. The lowest BCUT2D eigenvalue weighted by Gasteiger charge is -2.37. The molecule has 5 nitrogen and oxygen atoms in total. The van der Waals surface area contributed by atoms with Crippen LogP contribution in [-0.2, 0) is 14.3 Å². The average Bonchev–Trinajstić information content (AvgIpc) is 3.39. The summed E-state index contributed by atoms with van der Waals surface area (Å²) in [4.78, 5) is 39.4. The van der Waals surface area contributed by atoms with Crippen LogP contribution in [-0.4, -0.2) is 24.4 Å². The van der Waals surface area contributed by atoms with Gasteiger partial charge in [0.05, 0.1) is 29.7 Å². The van der Waals surface area contributed by atoms with Crippen molar-refractivity contribution in [2.45, 2.75) is 13.3 Å². The van der Waals surface area contributed by atoms with Crippen LogP contribution >= 0.6 is 0 Å². The molecule has 4 aliphatic carbocycles. The number of carbonyl (C=O) groups is 3. The summed E-state index contributed by atoms with van der Waals surface area (Å²) in [6.45, 7) is 2.03. The number of nitrogens with zero attached hydrogens (tertiary/aromatic N) is 1. The molecular weight excluding hydrogens is 318 g/mol. The molecule has 1 aliphatic heterocycles. The summed E-state index contributed by atoms with van der Waals surface area (Å²) in [6.07, 6.45) is 5.46. The summed E-state index contributed by atoms with van der Waals surface area (Å²) in [7, 11) is 0. The Bertz CT molecular complexity index is 793. The van der Waals surface area contributed by atoms with Crippen LogP contribution in [0.5, 0.6) is 0 Å². The fraction of sp³-hybridized carbons (Fsp3) is 0.450. The minimum atomic E-state index is -0.441. The Hall–Kier alpha value is -2.43. The fourth-order valence-electron chi connectivity index (χ4n) is 5.20. The lowest BCUT2D eigenvalue weighted by molar-refractivity contribution is -0.124. The van der Waals surface area contributed by atoms with Crippen molar-refractivity contribution in [1.29, 1.82) is 0 Å². The second kappa shape index (κ2) is 5.04. The standard InChI is InChI=1S/C20H19NO4/c1-2-25-20(24)10-4-3-5-11(8-10)21-18(22)16-12-6-7-13(15-9-14(12)15)17(16)19(21)23/h3-8,12-17H,2,9H2,1H3/t12-,13-,14-,15-,16-,17+/m1/s1. The molecule has 0 unspecified atom stereocenters. The lowest BCUT2D eigenvalue weighted by Crippen LogP contribution is -2.40. The van der Waals surface area contributed by atoms with Crippen molar-refractivity contribution in [3.05, 3.63) is 42.0 Å². The Morgan fingerprint density at radius 1 is 1.12 bits per heavy atom. The van der Waals surface area contributed by atoms with E-state index in [4.69, 9.17) is 4.74 Å². The Labute approximate surface area is 145 Å². The van der Waals surface area contributed by atoms with Gasteiger partial charge >= 0.3 is 5.97 Å². The van der Waals surface area contributed by atoms with Crippen LogP contribution in [0.3, 0.4) is 0 Å². The van der Waals surface area contributed by atoms with E-state index < -0.39 is 5.97 Å².